The number of amides is 2. The first-order valence-corrected chi connectivity index (χ1v) is 5.39. The number of methoxy groups -OCH3 is 1. The number of aliphatic carboxylic acids is 1. The standard InChI is InChI=1S/C11H16N2O5/c1-6(5-18-3)9(11(16)17)13-4-8(10(13)15)12-7(2)14/h8H,4-5H2,1-3H3,(H,12,14)(H,16,17). The molecule has 2 N–H and O–H groups in total. The number of carboxylic acid groups (broad SMARTS) is 1. The van der Waals surface area contributed by atoms with Gasteiger partial charge in [-0.1, -0.05) is 0 Å². The van der Waals surface area contributed by atoms with E-state index in [0.29, 0.717) is 5.57 Å². The first-order valence-electron chi connectivity index (χ1n) is 5.39. The quantitative estimate of drug-likeness (QED) is 0.503. The molecule has 0 spiro atoms. The second-order valence-corrected chi connectivity index (χ2v) is 4.07. The highest BCUT2D eigenvalue weighted by Gasteiger charge is 2.41. The highest BCUT2D eigenvalue weighted by molar-refractivity contribution is 6.00. The zero-order valence-corrected chi connectivity index (χ0v) is 10.5. The number of carboxylic acids is 1. The monoisotopic (exact) mass is 256 g/mol. The minimum atomic E-state index is -1.18. The molecular formula is C11H16N2O5. The Balaban J connectivity index is 2.81. The van der Waals surface area contributed by atoms with Gasteiger partial charge < -0.3 is 20.1 Å². The van der Waals surface area contributed by atoms with Gasteiger partial charge in [0.1, 0.15) is 11.7 Å². The molecule has 1 aliphatic heterocycles. The maximum absolute atomic E-state index is 11.7. The zero-order valence-electron chi connectivity index (χ0n) is 10.5. The Bertz CT molecular complexity index is 416. The van der Waals surface area contributed by atoms with Gasteiger partial charge in [0.15, 0.2) is 0 Å². The highest BCUT2D eigenvalue weighted by atomic mass is 16.5. The molecular weight excluding hydrogens is 240 g/mol. The number of likely N-dealkylation sites (tertiary alicyclic amines) is 1. The third-order valence-corrected chi connectivity index (χ3v) is 2.54. The minimum Gasteiger partial charge on any atom is -0.477 e. The summed E-state index contributed by atoms with van der Waals surface area (Å²) in [6.07, 6.45) is 0. The van der Waals surface area contributed by atoms with Gasteiger partial charge in [0, 0.05) is 14.0 Å². The van der Waals surface area contributed by atoms with Crippen LogP contribution in [0.15, 0.2) is 11.3 Å². The maximum atomic E-state index is 11.7. The van der Waals surface area contributed by atoms with Crippen molar-refractivity contribution in [2.75, 3.05) is 20.3 Å². The van der Waals surface area contributed by atoms with Crippen LogP contribution in [0.25, 0.3) is 0 Å². The third-order valence-electron chi connectivity index (χ3n) is 2.54. The average molecular weight is 256 g/mol. The zero-order chi connectivity index (χ0) is 13.9. The minimum absolute atomic E-state index is 0.0801. The molecule has 1 saturated heterocycles. The summed E-state index contributed by atoms with van der Waals surface area (Å²) < 4.78 is 4.85. The molecule has 7 heteroatoms. The van der Waals surface area contributed by atoms with Crippen molar-refractivity contribution in [2.24, 2.45) is 0 Å². The molecule has 2 amide bonds. The van der Waals surface area contributed by atoms with Crippen molar-refractivity contribution in [3.05, 3.63) is 11.3 Å². The van der Waals surface area contributed by atoms with E-state index in [1.54, 1.807) is 6.92 Å². The van der Waals surface area contributed by atoms with Crippen LogP contribution in [0, 0.1) is 0 Å². The number of hydrogen-bond acceptors (Lipinski definition) is 4. The molecule has 1 aliphatic rings. The molecule has 1 unspecified atom stereocenters. The Labute approximate surface area is 104 Å². The summed E-state index contributed by atoms with van der Waals surface area (Å²) in [4.78, 5) is 34.8. The molecule has 1 heterocycles. The summed E-state index contributed by atoms with van der Waals surface area (Å²) >= 11 is 0. The Kier molecular flexibility index (Phi) is 4.43. The smallest absolute Gasteiger partial charge is 0.352 e. The van der Waals surface area contributed by atoms with Crippen molar-refractivity contribution in [3.63, 3.8) is 0 Å². The number of hydrogen-bond donors (Lipinski definition) is 2. The molecule has 0 aromatic heterocycles. The van der Waals surface area contributed by atoms with Crippen LogP contribution in [0.3, 0.4) is 0 Å². The van der Waals surface area contributed by atoms with E-state index >= 15 is 0 Å². The normalized spacial score (nSPS) is 20.1. The number of nitrogens with zero attached hydrogens (tertiary/aromatic N) is 1. The fraction of sp³-hybridized carbons (Fsp3) is 0.545. The van der Waals surface area contributed by atoms with Crippen LogP contribution in [0.4, 0.5) is 0 Å². The summed E-state index contributed by atoms with van der Waals surface area (Å²) in [5.41, 5.74) is 0.378. The lowest BCUT2D eigenvalue weighted by Gasteiger charge is -2.39. The fourth-order valence-electron chi connectivity index (χ4n) is 1.79. The molecule has 1 fully saturated rings. The van der Waals surface area contributed by atoms with Crippen LogP contribution < -0.4 is 5.32 Å². The summed E-state index contributed by atoms with van der Waals surface area (Å²) in [5, 5.41) is 11.5. The number of nitrogens with one attached hydrogen (secondary N) is 1. The third kappa shape index (κ3) is 2.86. The summed E-state index contributed by atoms with van der Waals surface area (Å²) in [6.45, 7) is 3.20. The van der Waals surface area contributed by atoms with E-state index in [4.69, 9.17) is 9.84 Å². The fourth-order valence-corrected chi connectivity index (χ4v) is 1.79. The molecule has 0 aliphatic carbocycles. The van der Waals surface area contributed by atoms with Crippen LogP contribution >= 0.6 is 0 Å². The highest BCUT2D eigenvalue weighted by Crippen LogP contribution is 2.20. The summed E-state index contributed by atoms with van der Waals surface area (Å²) in [6, 6.07) is -0.632. The van der Waals surface area contributed by atoms with E-state index in [-0.39, 0.29) is 24.8 Å². The van der Waals surface area contributed by atoms with Crippen LogP contribution in [0.5, 0.6) is 0 Å². The first-order chi connectivity index (χ1) is 8.38. The number of carbonyl (C=O) groups excluding carboxylic acids is 2. The van der Waals surface area contributed by atoms with E-state index in [2.05, 4.69) is 5.32 Å². The van der Waals surface area contributed by atoms with E-state index in [1.807, 2.05) is 0 Å². The molecule has 0 aromatic carbocycles. The van der Waals surface area contributed by atoms with Crippen LogP contribution in [-0.2, 0) is 19.1 Å². The molecule has 100 valence electrons. The average Bonchev–Trinajstić information content (AvgIpc) is 2.26. The lowest BCUT2D eigenvalue weighted by molar-refractivity contribution is -0.148. The molecule has 18 heavy (non-hydrogen) atoms. The Morgan fingerprint density at radius 1 is 1.50 bits per heavy atom. The second-order valence-electron chi connectivity index (χ2n) is 4.07. The summed E-state index contributed by atoms with van der Waals surface area (Å²) in [7, 11) is 1.45. The summed E-state index contributed by atoms with van der Waals surface area (Å²) in [5.74, 6) is -1.92. The van der Waals surface area contributed by atoms with Gasteiger partial charge in [0.2, 0.25) is 5.91 Å². The van der Waals surface area contributed by atoms with Gasteiger partial charge in [-0.05, 0) is 12.5 Å². The number of rotatable bonds is 5. The Morgan fingerprint density at radius 2 is 2.11 bits per heavy atom. The Hall–Kier alpha value is -1.89. The molecule has 0 saturated carbocycles. The van der Waals surface area contributed by atoms with Crippen molar-refractivity contribution in [1.82, 2.24) is 10.2 Å². The van der Waals surface area contributed by atoms with Gasteiger partial charge in [-0.2, -0.15) is 0 Å². The molecule has 0 aromatic rings. The lowest BCUT2D eigenvalue weighted by atomic mass is 10.0. The molecule has 0 bridgehead atoms. The van der Waals surface area contributed by atoms with Crippen LogP contribution in [0.2, 0.25) is 0 Å². The second kappa shape index (κ2) is 5.63. The lowest BCUT2D eigenvalue weighted by Crippen LogP contribution is -2.63. The van der Waals surface area contributed by atoms with Crippen molar-refractivity contribution in [3.8, 4) is 0 Å². The van der Waals surface area contributed by atoms with Crippen LogP contribution in [-0.4, -0.2) is 54.1 Å². The molecule has 7 nitrogen and oxygen atoms in total. The number of β-lactam (4-membered cyclic amide) rings is 1. The van der Waals surface area contributed by atoms with E-state index in [9.17, 15) is 14.4 Å². The maximum Gasteiger partial charge on any atom is 0.352 e. The van der Waals surface area contributed by atoms with Gasteiger partial charge >= 0.3 is 5.97 Å². The van der Waals surface area contributed by atoms with Gasteiger partial charge in [-0.15, -0.1) is 0 Å². The Morgan fingerprint density at radius 3 is 2.50 bits per heavy atom. The predicted molar refractivity (Wildman–Crippen MR) is 61.5 cm³/mol. The molecule has 0 radical (unpaired) electrons. The number of carbonyl (C=O) groups is 3. The number of ether oxygens (including phenoxy) is 1. The largest absolute Gasteiger partial charge is 0.477 e. The van der Waals surface area contributed by atoms with Gasteiger partial charge in [-0.25, -0.2) is 4.79 Å². The van der Waals surface area contributed by atoms with Crippen molar-refractivity contribution >= 4 is 17.8 Å². The SMILES string of the molecule is COCC(C)=C(C(=O)O)N1CC(NC(C)=O)C1=O. The first kappa shape index (κ1) is 14.2. The van der Waals surface area contributed by atoms with E-state index in [0.717, 1.165) is 4.90 Å². The van der Waals surface area contributed by atoms with Crippen molar-refractivity contribution < 1.29 is 24.2 Å². The molecule has 1 rings (SSSR count). The van der Waals surface area contributed by atoms with Crippen molar-refractivity contribution in [2.45, 2.75) is 19.9 Å². The van der Waals surface area contributed by atoms with Gasteiger partial charge in [0.05, 0.1) is 13.2 Å². The van der Waals surface area contributed by atoms with Crippen molar-refractivity contribution in [1.29, 1.82) is 0 Å². The van der Waals surface area contributed by atoms with Gasteiger partial charge in [-0.3, -0.25) is 9.59 Å². The van der Waals surface area contributed by atoms with Crippen LogP contribution in [0.1, 0.15) is 13.8 Å². The predicted octanol–water partition coefficient (Wildman–Crippen LogP) is -0.662. The van der Waals surface area contributed by atoms with Gasteiger partial charge in [0.25, 0.3) is 5.91 Å². The molecule has 1 atom stereocenters. The topological polar surface area (TPSA) is 95.9 Å². The van der Waals surface area contributed by atoms with E-state index < -0.39 is 17.9 Å². The van der Waals surface area contributed by atoms with E-state index in [1.165, 1.54) is 14.0 Å².